The number of halogens is 2. The summed E-state index contributed by atoms with van der Waals surface area (Å²) in [7, 11) is 0. The average Bonchev–Trinajstić information content (AvgIpc) is 2.39. The van der Waals surface area contributed by atoms with Gasteiger partial charge < -0.3 is 10.8 Å². The zero-order valence-electron chi connectivity index (χ0n) is 10.4. The van der Waals surface area contributed by atoms with Crippen LogP contribution in [0.5, 0.6) is 0 Å². The highest BCUT2D eigenvalue weighted by atomic mass is 35.5. The SMILES string of the molecule is Cl.N[C@H](c1cccc(F)c1)[C@@H](O)Cc1ccccc1. The van der Waals surface area contributed by atoms with Crippen LogP contribution in [0.2, 0.25) is 0 Å². The van der Waals surface area contributed by atoms with Gasteiger partial charge in [0.2, 0.25) is 0 Å². The van der Waals surface area contributed by atoms with Gasteiger partial charge in [-0.05, 0) is 23.3 Å². The second-order valence-electron chi connectivity index (χ2n) is 4.34. The highest BCUT2D eigenvalue weighted by Gasteiger charge is 2.17. The van der Waals surface area contributed by atoms with Crippen LogP contribution in [0.25, 0.3) is 0 Å². The Morgan fingerprint density at radius 1 is 1.05 bits per heavy atom. The fourth-order valence-corrected chi connectivity index (χ4v) is 1.92. The minimum Gasteiger partial charge on any atom is -0.391 e. The average molecular weight is 282 g/mol. The molecule has 0 fully saturated rings. The van der Waals surface area contributed by atoms with Crippen molar-refractivity contribution in [3.63, 3.8) is 0 Å². The number of nitrogens with two attached hydrogens (primary N) is 1. The maximum atomic E-state index is 13.1. The number of hydrogen-bond donors (Lipinski definition) is 2. The molecular formula is C15H17ClFNO. The molecule has 3 N–H and O–H groups in total. The molecule has 2 rings (SSSR count). The lowest BCUT2D eigenvalue weighted by molar-refractivity contribution is 0.145. The van der Waals surface area contributed by atoms with Crippen molar-refractivity contribution >= 4 is 12.4 Å². The first-order valence-electron chi connectivity index (χ1n) is 5.90. The molecule has 19 heavy (non-hydrogen) atoms. The molecule has 102 valence electrons. The Bertz CT molecular complexity index is 507. The van der Waals surface area contributed by atoms with Gasteiger partial charge in [0, 0.05) is 6.42 Å². The van der Waals surface area contributed by atoms with Crippen LogP contribution in [-0.4, -0.2) is 11.2 Å². The second kappa shape index (κ2) is 7.24. The molecule has 2 atom stereocenters. The normalized spacial score (nSPS) is 13.4. The smallest absolute Gasteiger partial charge is 0.123 e. The van der Waals surface area contributed by atoms with E-state index in [2.05, 4.69) is 0 Å². The van der Waals surface area contributed by atoms with E-state index in [0.29, 0.717) is 12.0 Å². The van der Waals surface area contributed by atoms with Gasteiger partial charge in [-0.1, -0.05) is 42.5 Å². The van der Waals surface area contributed by atoms with E-state index in [0.717, 1.165) is 5.56 Å². The minimum atomic E-state index is -0.728. The van der Waals surface area contributed by atoms with Gasteiger partial charge in [-0.15, -0.1) is 12.4 Å². The Morgan fingerprint density at radius 3 is 2.37 bits per heavy atom. The van der Waals surface area contributed by atoms with Gasteiger partial charge in [-0.2, -0.15) is 0 Å². The summed E-state index contributed by atoms with van der Waals surface area (Å²) < 4.78 is 13.1. The van der Waals surface area contributed by atoms with Gasteiger partial charge in [0.25, 0.3) is 0 Å². The molecule has 0 aliphatic carbocycles. The summed E-state index contributed by atoms with van der Waals surface area (Å²) in [5, 5.41) is 10.1. The first-order valence-corrected chi connectivity index (χ1v) is 5.90. The van der Waals surface area contributed by atoms with Crippen LogP contribution in [0.1, 0.15) is 17.2 Å². The molecule has 2 aromatic rings. The van der Waals surface area contributed by atoms with Crippen molar-refractivity contribution in [1.29, 1.82) is 0 Å². The van der Waals surface area contributed by atoms with Crippen LogP contribution >= 0.6 is 12.4 Å². The predicted molar refractivity (Wildman–Crippen MR) is 76.7 cm³/mol. The largest absolute Gasteiger partial charge is 0.391 e. The third-order valence-corrected chi connectivity index (χ3v) is 2.94. The minimum absolute atomic E-state index is 0. The molecule has 0 heterocycles. The summed E-state index contributed by atoms with van der Waals surface area (Å²) in [4.78, 5) is 0. The first kappa shape index (κ1) is 15.6. The molecule has 0 aromatic heterocycles. The molecule has 0 amide bonds. The summed E-state index contributed by atoms with van der Waals surface area (Å²) >= 11 is 0. The Balaban J connectivity index is 0.00000180. The molecule has 0 saturated carbocycles. The van der Waals surface area contributed by atoms with E-state index < -0.39 is 12.1 Å². The fraction of sp³-hybridized carbons (Fsp3) is 0.200. The van der Waals surface area contributed by atoms with E-state index in [-0.39, 0.29) is 18.2 Å². The van der Waals surface area contributed by atoms with Crippen molar-refractivity contribution in [2.24, 2.45) is 5.73 Å². The van der Waals surface area contributed by atoms with Crippen molar-refractivity contribution in [2.75, 3.05) is 0 Å². The monoisotopic (exact) mass is 281 g/mol. The molecule has 0 radical (unpaired) electrons. The van der Waals surface area contributed by atoms with Gasteiger partial charge in [0.05, 0.1) is 12.1 Å². The molecule has 0 unspecified atom stereocenters. The van der Waals surface area contributed by atoms with Crippen molar-refractivity contribution in [3.05, 3.63) is 71.5 Å². The zero-order valence-corrected chi connectivity index (χ0v) is 11.2. The van der Waals surface area contributed by atoms with Gasteiger partial charge in [-0.25, -0.2) is 4.39 Å². The molecule has 2 nitrogen and oxygen atoms in total. The van der Waals surface area contributed by atoms with Gasteiger partial charge in [0.1, 0.15) is 5.82 Å². The summed E-state index contributed by atoms with van der Waals surface area (Å²) in [6.45, 7) is 0. The van der Waals surface area contributed by atoms with Crippen molar-refractivity contribution < 1.29 is 9.50 Å². The second-order valence-corrected chi connectivity index (χ2v) is 4.34. The first-order chi connectivity index (χ1) is 8.66. The van der Waals surface area contributed by atoms with Crippen LogP contribution in [0, 0.1) is 5.82 Å². The third-order valence-electron chi connectivity index (χ3n) is 2.94. The van der Waals surface area contributed by atoms with Crippen LogP contribution in [0.3, 0.4) is 0 Å². The van der Waals surface area contributed by atoms with E-state index in [4.69, 9.17) is 5.73 Å². The van der Waals surface area contributed by atoms with E-state index in [1.54, 1.807) is 12.1 Å². The Morgan fingerprint density at radius 2 is 1.74 bits per heavy atom. The summed E-state index contributed by atoms with van der Waals surface area (Å²) in [5.41, 5.74) is 7.56. The highest BCUT2D eigenvalue weighted by Crippen LogP contribution is 2.18. The van der Waals surface area contributed by atoms with Gasteiger partial charge in [-0.3, -0.25) is 0 Å². The quantitative estimate of drug-likeness (QED) is 0.905. The standard InChI is InChI=1S/C15H16FNO.ClH/c16-13-8-4-7-12(10-13)15(17)14(18)9-11-5-2-1-3-6-11;/h1-8,10,14-15,18H,9,17H2;1H/t14-,15+;/m0./s1. The zero-order chi connectivity index (χ0) is 13.0. The molecule has 4 heteroatoms. The van der Waals surface area contributed by atoms with Gasteiger partial charge in [0.15, 0.2) is 0 Å². The van der Waals surface area contributed by atoms with Crippen LogP contribution in [-0.2, 0) is 6.42 Å². The maximum absolute atomic E-state index is 13.1. The summed E-state index contributed by atoms with van der Waals surface area (Å²) in [6, 6.07) is 15.1. The Labute approximate surface area is 118 Å². The topological polar surface area (TPSA) is 46.2 Å². The number of aliphatic hydroxyl groups excluding tert-OH is 1. The van der Waals surface area contributed by atoms with E-state index in [1.165, 1.54) is 12.1 Å². The molecular weight excluding hydrogens is 265 g/mol. The summed E-state index contributed by atoms with van der Waals surface area (Å²) in [6.07, 6.45) is -0.271. The van der Waals surface area contributed by atoms with E-state index in [9.17, 15) is 9.50 Å². The van der Waals surface area contributed by atoms with E-state index in [1.807, 2.05) is 30.3 Å². The van der Waals surface area contributed by atoms with Crippen molar-refractivity contribution in [1.82, 2.24) is 0 Å². The number of aliphatic hydroxyl groups is 1. The Hall–Kier alpha value is -1.42. The van der Waals surface area contributed by atoms with Gasteiger partial charge >= 0.3 is 0 Å². The lowest BCUT2D eigenvalue weighted by Crippen LogP contribution is -2.28. The number of hydrogen-bond acceptors (Lipinski definition) is 2. The summed E-state index contributed by atoms with van der Waals surface area (Å²) in [5.74, 6) is -0.338. The fourth-order valence-electron chi connectivity index (χ4n) is 1.92. The molecule has 2 aromatic carbocycles. The highest BCUT2D eigenvalue weighted by molar-refractivity contribution is 5.85. The van der Waals surface area contributed by atoms with Crippen molar-refractivity contribution in [2.45, 2.75) is 18.6 Å². The number of benzene rings is 2. The molecule has 0 aliphatic rings. The van der Waals surface area contributed by atoms with Crippen LogP contribution in [0.15, 0.2) is 54.6 Å². The van der Waals surface area contributed by atoms with Crippen molar-refractivity contribution in [3.8, 4) is 0 Å². The Kier molecular flexibility index (Phi) is 5.96. The predicted octanol–water partition coefficient (Wildman–Crippen LogP) is 2.85. The van der Waals surface area contributed by atoms with E-state index >= 15 is 0 Å². The lowest BCUT2D eigenvalue weighted by atomic mass is 9.97. The maximum Gasteiger partial charge on any atom is 0.123 e. The molecule has 0 saturated heterocycles. The third kappa shape index (κ3) is 4.31. The molecule has 0 aliphatic heterocycles. The van der Waals surface area contributed by atoms with Crippen LogP contribution < -0.4 is 5.73 Å². The molecule has 0 spiro atoms. The van der Waals surface area contributed by atoms with Crippen LogP contribution in [0.4, 0.5) is 4.39 Å². The molecule has 0 bridgehead atoms. The number of rotatable bonds is 4. The lowest BCUT2D eigenvalue weighted by Gasteiger charge is -2.19.